The summed E-state index contributed by atoms with van der Waals surface area (Å²) in [5.74, 6) is -0.696. The maximum atomic E-state index is 12.5. The highest BCUT2D eigenvalue weighted by molar-refractivity contribution is 6.11. The molecule has 0 radical (unpaired) electrons. The van der Waals surface area contributed by atoms with Gasteiger partial charge in [0, 0.05) is 56.4 Å². The molecule has 11 heteroatoms. The number of aromatic nitrogens is 1. The van der Waals surface area contributed by atoms with Gasteiger partial charge in [0.05, 0.1) is 25.8 Å². The van der Waals surface area contributed by atoms with Crippen LogP contribution >= 0.6 is 0 Å². The van der Waals surface area contributed by atoms with Crippen molar-refractivity contribution in [3.63, 3.8) is 0 Å². The Balaban J connectivity index is 1.27. The number of carbonyl (C=O) groups excluding carboxylic acids is 3. The van der Waals surface area contributed by atoms with E-state index in [1.54, 1.807) is 47.5 Å². The minimum atomic E-state index is -0.413. The molecule has 2 saturated heterocycles. The Morgan fingerprint density at radius 1 is 1.11 bits per heavy atom. The van der Waals surface area contributed by atoms with E-state index in [1.165, 1.54) is 13.3 Å². The van der Waals surface area contributed by atoms with E-state index in [0.717, 1.165) is 26.2 Å². The molecule has 2 fully saturated rings. The van der Waals surface area contributed by atoms with Crippen molar-refractivity contribution in [1.29, 1.82) is 5.41 Å². The molecular weight excluding hydrogens is 452 g/mol. The number of methoxy groups -OCH3 is 1. The van der Waals surface area contributed by atoms with Crippen LogP contribution in [-0.2, 0) is 14.3 Å². The van der Waals surface area contributed by atoms with Crippen LogP contribution in [0.3, 0.4) is 0 Å². The number of anilines is 1. The zero-order chi connectivity index (χ0) is 24.8. The summed E-state index contributed by atoms with van der Waals surface area (Å²) >= 11 is 0. The van der Waals surface area contributed by atoms with Crippen molar-refractivity contribution in [3.05, 3.63) is 59.9 Å². The monoisotopic (exact) mass is 480 g/mol. The van der Waals surface area contributed by atoms with Crippen molar-refractivity contribution < 1.29 is 23.9 Å². The summed E-state index contributed by atoms with van der Waals surface area (Å²) in [5.41, 5.74) is 1.54. The van der Waals surface area contributed by atoms with Crippen LogP contribution in [0.2, 0.25) is 0 Å². The molecular formula is C24H28N6O5. The molecule has 2 amide bonds. The Labute approximate surface area is 203 Å². The molecule has 1 unspecified atom stereocenters. The number of ether oxygens (including phenoxy) is 2. The van der Waals surface area contributed by atoms with Gasteiger partial charge in [0.25, 0.3) is 5.91 Å². The third-order valence-corrected chi connectivity index (χ3v) is 6.01. The lowest BCUT2D eigenvalue weighted by Crippen LogP contribution is -2.50. The number of rotatable bonds is 7. The number of esters is 1. The lowest BCUT2D eigenvalue weighted by Gasteiger charge is -2.34. The number of amides is 2. The van der Waals surface area contributed by atoms with Crippen LogP contribution in [0.15, 0.2) is 48.8 Å². The molecule has 1 atom stereocenters. The van der Waals surface area contributed by atoms with Gasteiger partial charge >= 0.3 is 12.1 Å². The molecule has 11 nitrogen and oxygen atoms in total. The summed E-state index contributed by atoms with van der Waals surface area (Å²) in [6.45, 7) is 4.41. The van der Waals surface area contributed by atoms with Gasteiger partial charge in [-0.1, -0.05) is 0 Å². The van der Waals surface area contributed by atoms with Crippen LogP contribution in [0, 0.1) is 5.41 Å². The normalized spacial score (nSPS) is 18.7. The van der Waals surface area contributed by atoms with Gasteiger partial charge in [-0.05, 0) is 36.4 Å². The summed E-state index contributed by atoms with van der Waals surface area (Å²) in [6.07, 6.45) is 2.34. The van der Waals surface area contributed by atoms with E-state index in [0.29, 0.717) is 29.9 Å². The number of nitrogens with one attached hydrogen (secondary N) is 2. The Kier molecular flexibility index (Phi) is 7.68. The fourth-order valence-electron chi connectivity index (χ4n) is 4.06. The smallest absolute Gasteiger partial charge is 0.414 e. The van der Waals surface area contributed by atoms with E-state index in [-0.39, 0.29) is 24.5 Å². The number of nitrogens with zero attached hydrogens (tertiary/aromatic N) is 4. The number of carbonyl (C=O) groups is 3. The van der Waals surface area contributed by atoms with Gasteiger partial charge in [-0.25, -0.2) is 4.79 Å². The van der Waals surface area contributed by atoms with Gasteiger partial charge in [0.2, 0.25) is 0 Å². The van der Waals surface area contributed by atoms with Gasteiger partial charge in [-0.15, -0.1) is 0 Å². The molecule has 0 bridgehead atoms. The molecule has 2 aliphatic heterocycles. The zero-order valence-electron chi connectivity index (χ0n) is 19.5. The van der Waals surface area contributed by atoms with Gasteiger partial charge in [-0.3, -0.25) is 34.7 Å². The number of piperazine rings is 1. The lowest BCUT2D eigenvalue weighted by atomic mass is 10.1. The maximum absolute atomic E-state index is 12.5. The molecule has 1 aromatic heterocycles. The first-order chi connectivity index (χ1) is 16.9. The molecule has 1 aromatic carbocycles. The third kappa shape index (κ3) is 6.19. The van der Waals surface area contributed by atoms with Crippen LogP contribution < -0.4 is 10.2 Å². The summed E-state index contributed by atoms with van der Waals surface area (Å²) < 4.78 is 10.3. The van der Waals surface area contributed by atoms with Crippen LogP contribution in [0.25, 0.3) is 0 Å². The van der Waals surface area contributed by atoms with Crippen molar-refractivity contribution in [2.75, 3.05) is 57.8 Å². The van der Waals surface area contributed by atoms with Gasteiger partial charge < -0.3 is 14.8 Å². The average molecular weight is 481 g/mol. The SMILES string of the molecule is COC(=O)CN1CCN(CC2CN(c3ccc(C(=N)NC(=O)c4cccnc4)cc3)C(=O)O2)CC1. The van der Waals surface area contributed by atoms with E-state index in [4.69, 9.17) is 14.9 Å². The molecule has 0 spiro atoms. The Bertz CT molecular complexity index is 1070. The summed E-state index contributed by atoms with van der Waals surface area (Å²) in [7, 11) is 1.39. The maximum Gasteiger partial charge on any atom is 0.414 e. The minimum absolute atomic E-state index is 0.0429. The van der Waals surface area contributed by atoms with Crippen molar-refractivity contribution in [2.45, 2.75) is 6.10 Å². The standard InChI is InChI=1S/C24H28N6O5/c1-34-21(31)16-29-11-9-28(10-12-29)14-20-15-30(24(33)35-20)19-6-4-17(5-7-19)22(25)27-23(32)18-3-2-8-26-13-18/h2-8,13,20H,9-12,14-16H2,1H3,(H2,25,27,32). The van der Waals surface area contributed by atoms with E-state index in [2.05, 4.69) is 15.2 Å². The zero-order valence-corrected chi connectivity index (χ0v) is 19.5. The summed E-state index contributed by atoms with van der Waals surface area (Å²) in [4.78, 5) is 45.9. The molecule has 0 aliphatic carbocycles. The van der Waals surface area contributed by atoms with E-state index in [9.17, 15) is 14.4 Å². The summed E-state index contributed by atoms with van der Waals surface area (Å²) in [6, 6.07) is 10.1. The second-order valence-electron chi connectivity index (χ2n) is 8.39. The second kappa shape index (κ2) is 11.1. The predicted octanol–water partition coefficient (Wildman–Crippen LogP) is 0.953. The number of amidine groups is 1. The van der Waals surface area contributed by atoms with Crippen molar-refractivity contribution in [2.24, 2.45) is 0 Å². The van der Waals surface area contributed by atoms with E-state index in [1.807, 2.05) is 4.90 Å². The molecule has 184 valence electrons. The molecule has 2 aliphatic rings. The Morgan fingerprint density at radius 3 is 2.49 bits per heavy atom. The third-order valence-electron chi connectivity index (χ3n) is 6.01. The van der Waals surface area contributed by atoms with Crippen molar-refractivity contribution in [3.8, 4) is 0 Å². The molecule has 2 aromatic rings. The molecule has 2 N–H and O–H groups in total. The minimum Gasteiger partial charge on any atom is -0.468 e. The number of benzene rings is 1. The fourth-order valence-corrected chi connectivity index (χ4v) is 4.06. The highest BCUT2D eigenvalue weighted by Crippen LogP contribution is 2.23. The highest BCUT2D eigenvalue weighted by atomic mass is 16.6. The Hall–Kier alpha value is -3.83. The number of hydrogen-bond donors (Lipinski definition) is 2. The van der Waals surface area contributed by atoms with E-state index < -0.39 is 12.0 Å². The molecule has 3 heterocycles. The van der Waals surface area contributed by atoms with Gasteiger partial charge in [0.15, 0.2) is 0 Å². The van der Waals surface area contributed by atoms with Crippen LogP contribution in [0.5, 0.6) is 0 Å². The second-order valence-corrected chi connectivity index (χ2v) is 8.39. The Morgan fingerprint density at radius 2 is 1.83 bits per heavy atom. The van der Waals surface area contributed by atoms with Gasteiger partial charge in [-0.2, -0.15) is 0 Å². The van der Waals surface area contributed by atoms with Crippen molar-refractivity contribution >= 4 is 29.5 Å². The average Bonchev–Trinajstić information content (AvgIpc) is 3.25. The lowest BCUT2D eigenvalue weighted by molar-refractivity contribution is -0.142. The van der Waals surface area contributed by atoms with E-state index >= 15 is 0 Å². The van der Waals surface area contributed by atoms with Crippen LogP contribution in [-0.4, -0.2) is 97.6 Å². The molecule has 4 rings (SSSR count). The van der Waals surface area contributed by atoms with Crippen LogP contribution in [0.4, 0.5) is 10.5 Å². The number of cyclic esters (lactones) is 1. The van der Waals surface area contributed by atoms with Crippen molar-refractivity contribution in [1.82, 2.24) is 20.1 Å². The first kappa shape index (κ1) is 24.3. The highest BCUT2D eigenvalue weighted by Gasteiger charge is 2.34. The first-order valence-corrected chi connectivity index (χ1v) is 11.3. The fraction of sp³-hybridized carbons (Fsp3) is 0.375. The van der Waals surface area contributed by atoms with Crippen LogP contribution in [0.1, 0.15) is 15.9 Å². The first-order valence-electron chi connectivity index (χ1n) is 11.3. The number of hydrogen-bond acceptors (Lipinski definition) is 9. The predicted molar refractivity (Wildman–Crippen MR) is 127 cm³/mol. The quantitative estimate of drug-likeness (QED) is 0.341. The summed E-state index contributed by atoms with van der Waals surface area (Å²) in [5, 5.41) is 10.7. The molecule has 35 heavy (non-hydrogen) atoms. The molecule has 0 saturated carbocycles. The van der Waals surface area contributed by atoms with Gasteiger partial charge in [0.1, 0.15) is 11.9 Å². The largest absolute Gasteiger partial charge is 0.468 e. The topological polar surface area (TPSA) is 128 Å². The number of pyridine rings is 1.